The number of ether oxygens (including phenoxy) is 1. The topological polar surface area (TPSA) is 59.1 Å². The van der Waals surface area contributed by atoms with E-state index >= 15 is 0 Å². The SMILES string of the molecule is Cc1ccc(C(=N)N)cc1OCc1ccc2c(c1)CCC2. The second-order valence-corrected chi connectivity index (χ2v) is 5.64. The summed E-state index contributed by atoms with van der Waals surface area (Å²) in [6, 6.07) is 12.3. The fourth-order valence-electron chi connectivity index (χ4n) is 2.80. The van der Waals surface area contributed by atoms with Gasteiger partial charge in [0.2, 0.25) is 0 Å². The van der Waals surface area contributed by atoms with Gasteiger partial charge in [0.25, 0.3) is 0 Å². The molecule has 1 aliphatic rings. The minimum atomic E-state index is 0.0670. The molecule has 0 saturated carbocycles. The van der Waals surface area contributed by atoms with Gasteiger partial charge in [-0.15, -0.1) is 0 Å². The minimum Gasteiger partial charge on any atom is -0.489 e. The predicted octanol–water partition coefficient (Wildman–Crippen LogP) is 3.35. The van der Waals surface area contributed by atoms with Gasteiger partial charge in [-0.25, -0.2) is 0 Å². The molecule has 2 aromatic rings. The highest BCUT2D eigenvalue weighted by Crippen LogP contribution is 2.25. The van der Waals surface area contributed by atoms with Crippen LogP contribution in [0, 0.1) is 12.3 Å². The molecule has 0 bridgehead atoms. The van der Waals surface area contributed by atoms with Crippen molar-refractivity contribution in [3.8, 4) is 5.75 Å². The summed E-state index contributed by atoms with van der Waals surface area (Å²) in [4.78, 5) is 0. The number of nitrogens with one attached hydrogen (secondary N) is 1. The van der Waals surface area contributed by atoms with Gasteiger partial charge < -0.3 is 10.5 Å². The van der Waals surface area contributed by atoms with E-state index in [1.165, 1.54) is 36.0 Å². The molecule has 108 valence electrons. The maximum absolute atomic E-state index is 7.50. The van der Waals surface area contributed by atoms with E-state index in [0.29, 0.717) is 12.2 Å². The van der Waals surface area contributed by atoms with Gasteiger partial charge in [0.05, 0.1) is 0 Å². The molecule has 0 unspecified atom stereocenters. The first-order valence-electron chi connectivity index (χ1n) is 7.32. The molecule has 0 spiro atoms. The molecule has 21 heavy (non-hydrogen) atoms. The van der Waals surface area contributed by atoms with E-state index < -0.39 is 0 Å². The van der Waals surface area contributed by atoms with E-state index in [1.54, 1.807) is 0 Å². The summed E-state index contributed by atoms with van der Waals surface area (Å²) in [6.45, 7) is 2.55. The summed E-state index contributed by atoms with van der Waals surface area (Å²) in [7, 11) is 0. The Hall–Kier alpha value is -2.29. The molecule has 0 amide bonds. The fourth-order valence-corrected chi connectivity index (χ4v) is 2.80. The molecule has 3 nitrogen and oxygen atoms in total. The first-order valence-corrected chi connectivity index (χ1v) is 7.32. The fraction of sp³-hybridized carbons (Fsp3) is 0.278. The molecule has 0 heterocycles. The third kappa shape index (κ3) is 2.92. The lowest BCUT2D eigenvalue weighted by Crippen LogP contribution is -2.11. The average Bonchev–Trinajstić information content (AvgIpc) is 2.93. The molecule has 0 aromatic heterocycles. The number of benzene rings is 2. The number of aryl methyl sites for hydroxylation is 3. The van der Waals surface area contributed by atoms with Crippen molar-refractivity contribution >= 4 is 5.84 Å². The maximum atomic E-state index is 7.50. The number of nitrogens with two attached hydrogens (primary N) is 1. The van der Waals surface area contributed by atoms with Crippen LogP contribution in [0.1, 0.15) is 34.2 Å². The summed E-state index contributed by atoms with van der Waals surface area (Å²) >= 11 is 0. The van der Waals surface area contributed by atoms with Gasteiger partial charge in [-0.1, -0.05) is 30.3 Å². The third-order valence-corrected chi connectivity index (χ3v) is 4.06. The highest BCUT2D eigenvalue weighted by molar-refractivity contribution is 5.95. The van der Waals surface area contributed by atoms with Gasteiger partial charge in [0.1, 0.15) is 18.2 Å². The van der Waals surface area contributed by atoms with Crippen molar-refractivity contribution in [1.29, 1.82) is 5.41 Å². The van der Waals surface area contributed by atoms with Crippen LogP contribution in [0.25, 0.3) is 0 Å². The van der Waals surface area contributed by atoms with E-state index in [9.17, 15) is 0 Å². The Kier molecular flexibility index (Phi) is 3.65. The molecular formula is C18H20N2O. The Labute approximate surface area is 125 Å². The van der Waals surface area contributed by atoms with Crippen LogP contribution >= 0.6 is 0 Å². The van der Waals surface area contributed by atoms with E-state index in [2.05, 4.69) is 18.2 Å². The van der Waals surface area contributed by atoms with Gasteiger partial charge in [-0.2, -0.15) is 0 Å². The van der Waals surface area contributed by atoms with Gasteiger partial charge in [0.15, 0.2) is 0 Å². The number of amidine groups is 1. The molecule has 0 fully saturated rings. The molecule has 3 heteroatoms. The molecule has 1 aliphatic carbocycles. The van der Waals surface area contributed by atoms with Crippen molar-refractivity contribution in [3.63, 3.8) is 0 Å². The Morgan fingerprint density at radius 3 is 2.76 bits per heavy atom. The lowest BCUT2D eigenvalue weighted by Gasteiger charge is -2.11. The van der Waals surface area contributed by atoms with Crippen LogP contribution in [-0.4, -0.2) is 5.84 Å². The Balaban J connectivity index is 1.75. The van der Waals surface area contributed by atoms with E-state index in [-0.39, 0.29) is 5.84 Å². The monoisotopic (exact) mass is 280 g/mol. The highest BCUT2D eigenvalue weighted by Gasteiger charge is 2.11. The number of hydrogen-bond acceptors (Lipinski definition) is 2. The highest BCUT2D eigenvalue weighted by atomic mass is 16.5. The molecule has 0 atom stereocenters. The average molecular weight is 280 g/mol. The molecule has 3 rings (SSSR count). The summed E-state index contributed by atoms with van der Waals surface area (Å²) in [5, 5.41) is 7.50. The molecule has 0 aliphatic heterocycles. The normalized spacial score (nSPS) is 13.0. The number of rotatable bonds is 4. The zero-order chi connectivity index (χ0) is 14.8. The van der Waals surface area contributed by atoms with Crippen LogP contribution in [0.3, 0.4) is 0 Å². The van der Waals surface area contributed by atoms with Gasteiger partial charge in [-0.05, 0) is 54.5 Å². The van der Waals surface area contributed by atoms with Gasteiger partial charge >= 0.3 is 0 Å². The smallest absolute Gasteiger partial charge is 0.123 e. The quantitative estimate of drug-likeness (QED) is 0.666. The largest absolute Gasteiger partial charge is 0.489 e. The van der Waals surface area contributed by atoms with Crippen molar-refractivity contribution in [3.05, 3.63) is 64.2 Å². The van der Waals surface area contributed by atoms with Crippen molar-refractivity contribution in [2.24, 2.45) is 5.73 Å². The zero-order valence-corrected chi connectivity index (χ0v) is 12.3. The zero-order valence-electron chi connectivity index (χ0n) is 12.3. The second kappa shape index (κ2) is 5.60. The third-order valence-electron chi connectivity index (χ3n) is 4.06. The Bertz CT molecular complexity index is 692. The van der Waals surface area contributed by atoms with E-state index in [1.807, 2.05) is 25.1 Å². The lowest BCUT2D eigenvalue weighted by molar-refractivity contribution is 0.304. The Morgan fingerprint density at radius 1 is 1.14 bits per heavy atom. The Morgan fingerprint density at radius 2 is 1.95 bits per heavy atom. The molecule has 3 N–H and O–H groups in total. The number of fused-ring (bicyclic) bond motifs is 1. The van der Waals surface area contributed by atoms with Crippen molar-refractivity contribution in [1.82, 2.24) is 0 Å². The maximum Gasteiger partial charge on any atom is 0.123 e. The summed E-state index contributed by atoms with van der Waals surface area (Å²) < 4.78 is 5.92. The standard InChI is InChI=1S/C18H20N2O/c1-12-5-7-16(18(19)20)10-17(12)21-11-13-6-8-14-3-2-4-15(14)9-13/h5-10H,2-4,11H2,1H3,(H3,19,20). The molecule has 2 aromatic carbocycles. The lowest BCUT2D eigenvalue weighted by atomic mass is 10.1. The number of hydrogen-bond donors (Lipinski definition) is 2. The predicted molar refractivity (Wildman–Crippen MR) is 85.0 cm³/mol. The molecule has 0 radical (unpaired) electrons. The first kappa shape index (κ1) is 13.7. The summed E-state index contributed by atoms with van der Waals surface area (Å²) in [5.41, 5.74) is 11.4. The molecular weight excluding hydrogens is 260 g/mol. The van der Waals surface area contributed by atoms with Crippen molar-refractivity contribution in [2.45, 2.75) is 32.8 Å². The van der Waals surface area contributed by atoms with Gasteiger partial charge in [-0.3, -0.25) is 5.41 Å². The van der Waals surface area contributed by atoms with E-state index in [4.69, 9.17) is 15.9 Å². The van der Waals surface area contributed by atoms with Crippen LogP contribution in [0.5, 0.6) is 5.75 Å². The van der Waals surface area contributed by atoms with Crippen LogP contribution in [-0.2, 0) is 19.4 Å². The minimum absolute atomic E-state index is 0.0670. The van der Waals surface area contributed by atoms with E-state index in [0.717, 1.165) is 11.3 Å². The molecule has 0 saturated heterocycles. The van der Waals surface area contributed by atoms with Crippen molar-refractivity contribution in [2.75, 3.05) is 0 Å². The van der Waals surface area contributed by atoms with Gasteiger partial charge in [0, 0.05) is 5.56 Å². The van der Waals surface area contributed by atoms with Crippen LogP contribution in [0.2, 0.25) is 0 Å². The van der Waals surface area contributed by atoms with Crippen LogP contribution in [0.4, 0.5) is 0 Å². The second-order valence-electron chi connectivity index (χ2n) is 5.64. The van der Waals surface area contributed by atoms with Crippen molar-refractivity contribution < 1.29 is 4.74 Å². The summed E-state index contributed by atoms with van der Waals surface area (Å²) in [6.07, 6.45) is 3.65. The first-order chi connectivity index (χ1) is 10.1. The van der Waals surface area contributed by atoms with Crippen LogP contribution < -0.4 is 10.5 Å². The van der Waals surface area contributed by atoms with Crippen LogP contribution in [0.15, 0.2) is 36.4 Å². The number of nitrogen functional groups attached to an aromatic ring is 1. The summed E-state index contributed by atoms with van der Waals surface area (Å²) in [5.74, 6) is 0.862.